The predicted molar refractivity (Wildman–Crippen MR) is 94.2 cm³/mol. The summed E-state index contributed by atoms with van der Waals surface area (Å²) in [6.07, 6.45) is 2.14. The fourth-order valence-electron chi connectivity index (χ4n) is 3.04. The van der Waals surface area contributed by atoms with Gasteiger partial charge in [-0.25, -0.2) is 9.78 Å². The van der Waals surface area contributed by atoms with Gasteiger partial charge in [0.05, 0.1) is 23.4 Å². The molecule has 1 aromatic carbocycles. The second-order valence-corrected chi connectivity index (χ2v) is 7.28. The SMILES string of the molecule is CC(C)(C)OC(=O)NCC(=O)N1CC[C@@H](n2cnc3ccccc32)C1. The van der Waals surface area contributed by atoms with Gasteiger partial charge >= 0.3 is 6.09 Å². The zero-order valence-electron chi connectivity index (χ0n) is 14.9. The number of hydrogen-bond acceptors (Lipinski definition) is 4. The first-order valence-electron chi connectivity index (χ1n) is 8.50. The highest BCUT2D eigenvalue weighted by molar-refractivity contribution is 5.82. The highest BCUT2D eigenvalue weighted by Gasteiger charge is 2.28. The number of amides is 2. The van der Waals surface area contributed by atoms with Crippen LogP contribution < -0.4 is 5.32 Å². The van der Waals surface area contributed by atoms with E-state index in [4.69, 9.17) is 4.74 Å². The lowest BCUT2D eigenvalue weighted by molar-refractivity contribution is -0.129. The Bertz CT molecular complexity index is 778. The zero-order valence-corrected chi connectivity index (χ0v) is 14.9. The first-order chi connectivity index (χ1) is 11.8. The second kappa shape index (κ2) is 6.74. The van der Waals surface area contributed by atoms with Crippen molar-refractivity contribution in [1.29, 1.82) is 0 Å². The Hall–Kier alpha value is -2.57. The van der Waals surface area contributed by atoms with Crippen LogP contribution in [0.3, 0.4) is 0 Å². The molecule has 2 amide bonds. The van der Waals surface area contributed by atoms with E-state index in [9.17, 15) is 9.59 Å². The second-order valence-electron chi connectivity index (χ2n) is 7.28. The molecule has 7 heteroatoms. The van der Waals surface area contributed by atoms with Gasteiger partial charge in [-0.05, 0) is 39.3 Å². The molecule has 3 rings (SSSR count). The summed E-state index contributed by atoms with van der Waals surface area (Å²) in [5, 5.41) is 2.52. The molecular formula is C18H24N4O3. The molecule has 0 saturated carbocycles. The van der Waals surface area contributed by atoms with Crippen LogP contribution in [0.4, 0.5) is 4.79 Å². The van der Waals surface area contributed by atoms with Crippen molar-refractivity contribution in [2.75, 3.05) is 19.6 Å². The van der Waals surface area contributed by atoms with E-state index in [0.29, 0.717) is 13.1 Å². The molecule has 0 radical (unpaired) electrons. The van der Waals surface area contributed by atoms with Crippen LogP contribution >= 0.6 is 0 Å². The molecule has 2 heterocycles. The molecule has 1 fully saturated rings. The smallest absolute Gasteiger partial charge is 0.408 e. The third-order valence-corrected chi connectivity index (χ3v) is 4.17. The lowest BCUT2D eigenvalue weighted by Gasteiger charge is -2.21. The average molecular weight is 344 g/mol. The van der Waals surface area contributed by atoms with Crippen LogP contribution in [0.25, 0.3) is 11.0 Å². The molecule has 0 bridgehead atoms. The minimum absolute atomic E-state index is 0.0493. The van der Waals surface area contributed by atoms with E-state index in [1.807, 2.05) is 30.6 Å². The first-order valence-corrected chi connectivity index (χ1v) is 8.50. The van der Waals surface area contributed by atoms with Gasteiger partial charge in [0.25, 0.3) is 0 Å². The van der Waals surface area contributed by atoms with Gasteiger partial charge < -0.3 is 19.5 Å². The quantitative estimate of drug-likeness (QED) is 0.927. The monoisotopic (exact) mass is 344 g/mol. The molecule has 7 nitrogen and oxygen atoms in total. The van der Waals surface area contributed by atoms with Crippen molar-refractivity contribution in [3.05, 3.63) is 30.6 Å². The number of rotatable bonds is 3. The summed E-state index contributed by atoms with van der Waals surface area (Å²) < 4.78 is 7.27. The van der Waals surface area contributed by atoms with Crippen LogP contribution in [0.5, 0.6) is 0 Å². The minimum Gasteiger partial charge on any atom is -0.444 e. The lowest BCUT2D eigenvalue weighted by Crippen LogP contribution is -2.41. The highest BCUT2D eigenvalue weighted by atomic mass is 16.6. The van der Waals surface area contributed by atoms with Crippen LogP contribution in [-0.4, -0.2) is 51.7 Å². The molecule has 134 valence electrons. The summed E-state index contributed by atoms with van der Waals surface area (Å²) in [6.45, 7) is 6.60. The number of imidazole rings is 1. The maximum absolute atomic E-state index is 12.3. The number of nitrogens with zero attached hydrogens (tertiary/aromatic N) is 3. The topological polar surface area (TPSA) is 76.5 Å². The van der Waals surface area contributed by atoms with Gasteiger partial charge in [0.15, 0.2) is 0 Å². The molecule has 2 aromatic rings. The van der Waals surface area contributed by atoms with Crippen molar-refractivity contribution in [2.24, 2.45) is 0 Å². The Kier molecular flexibility index (Phi) is 4.65. The number of ether oxygens (including phenoxy) is 1. The molecule has 1 aromatic heterocycles. The minimum atomic E-state index is -0.575. The molecule has 0 spiro atoms. The predicted octanol–water partition coefficient (Wildman–Crippen LogP) is 2.33. The third-order valence-electron chi connectivity index (χ3n) is 4.17. The Morgan fingerprint density at radius 2 is 2.08 bits per heavy atom. The molecule has 1 N–H and O–H groups in total. The van der Waals surface area contributed by atoms with Crippen molar-refractivity contribution < 1.29 is 14.3 Å². The van der Waals surface area contributed by atoms with E-state index in [0.717, 1.165) is 17.5 Å². The zero-order chi connectivity index (χ0) is 18.0. The molecule has 25 heavy (non-hydrogen) atoms. The number of carbonyl (C=O) groups excluding carboxylic acids is 2. The van der Waals surface area contributed by atoms with Crippen LogP contribution in [0, 0.1) is 0 Å². The summed E-state index contributed by atoms with van der Waals surface area (Å²) in [5.41, 5.74) is 1.46. The van der Waals surface area contributed by atoms with Gasteiger partial charge in [-0.3, -0.25) is 4.79 Å². The van der Waals surface area contributed by atoms with E-state index >= 15 is 0 Å². The fraction of sp³-hybridized carbons (Fsp3) is 0.500. The van der Waals surface area contributed by atoms with E-state index < -0.39 is 11.7 Å². The van der Waals surface area contributed by atoms with E-state index in [2.05, 4.69) is 14.9 Å². The van der Waals surface area contributed by atoms with Crippen LogP contribution in [-0.2, 0) is 9.53 Å². The summed E-state index contributed by atoms with van der Waals surface area (Å²) in [6, 6.07) is 8.18. The normalized spacial score (nSPS) is 17.7. The van der Waals surface area contributed by atoms with Crippen molar-refractivity contribution >= 4 is 23.0 Å². The van der Waals surface area contributed by atoms with Crippen LogP contribution in [0.1, 0.15) is 33.2 Å². The third kappa shape index (κ3) is 4.10. The maximum Gasteiger partial charge on any atom is 0.408 e. The maximum atomic E-state index is 12.3. The van der Waals surface area contributed by atoms with Gasteiger partial charge in [-0.2, -0.15) is 0 Å². The van der Waals surface area contributed by atoms with Gasteiger partial charge in [0.1, 0.15) is 12.1 Å². The summed E-state index contributed by atoms with van der Waals surface area (Å²) in [4.78, 5) is 30.2. The molecule has 0 aliphatic carbocycles. The van der Waals surface area contributed by atoms with Crippen LogP contribution in [0.15, 0.2) is 30.6 Å². The van der Waals surface area contributed by atoms with Crippen molar-refractivity contribution in [1.82, 2.24) is 19.8 Å². The molecule has 1 aliphatic rings. The van der Waals surface area contributed by atoms with Gasteiger partial charge in [0, 0.05) is 13.1 Å². The number of carbonyl (C=O) groups is 2. The van der Waals surface area contributed by atoms with E-state index in [1.165, 1.54) is 0 Å². The number of benzene rings is 1. The number of nitrogens with one attached hydrogen (secondary N) is 1. The van der Waals surface area contributed by atoms with Gasteiger partial charge in [0.2, 0.25) is 5.91 Å². The number of hydrogen-bond donors (Lipinski definition) is 1. The fourth-order valence-corrected chi connectivity index (χ4v) is 3.04. The average Bonchev–Trinajstić information content (AvgIpc) is 3.17. The van der Waals surface area contributed by atoms with Crippen molar-refractivity contribution in [3.63, 3.8) is 0 Å². The Morgan fingerprint density at radius 1 is 1.32 bits per heavy atom. The Balaban J connectivity index is 1.56. The lowest BCUT2D eigenvalue weighted by atomic mass is 10.2. The Labute approximate surface area is 147 Å². The summed E-state index contributed by atoms with van der Waals surface area (Å²) >= 11 is 0. The number of aromatic nitrogens is 2. The molecule has 0 unspecified atom stereocenters. The first kappa shape index (κ1) is 17.3. The molecule has 1 atom stereocenters. The standard InChI is InChI=1S/C18H24N4O3/c1-18(2,3)25-17(24)19-10-16(23)21-9-8-13(11-21)22-12-20-14-6-4-5-7-15(14)22/h4-7,12-13H,8-11H2,1-3H3,(H,19,24)/t13-/m1/s1. The van der Waals surface area contributed by atoms with E-state index in [1.54, 1.807) is 25.7 Å². The number of fused-ring (bicyclic) bond motifs is 1. The molecule has 1 saturated heterocycles. The van der Waals surface area contributed by atoms with Gasteiger partial charge in [-0.1, -0.05) is 12.1 Å². The van der Waals surface area contributed by atoms with Crippen LogP contribution in [0.2, 0.25) is 0 Å². The van der Waals surface area contributed by atoms with Gasteiger partial charge in [-0.15, -0.1) is 0 Å². The molecular weight excluding hydrogens is 320 g/mol. The highest BCUT2D eigenvalue weighted by Crippen LogP contribution is 2.25. The largest absolute Gasteiger partial charge is 0.444 e. The number of alkyl carbamates (subject to hydrolysis) is 1. The van der Waals surface area contributed by atoms with E-state index in [-0.39, 0.29) is 18.5 Å². The number of para-hydroxylation sites is 2. The summed E-state index contributed by atoms with van der Waals surface area (Å²) in [7, 11) is 0. The Morgan fingerprint density at radius 3 is 2.84 bits per heavy atom. The van der Waals surface area contributed by atoms with Crippen molar-refractivity contribution in [3.8, 4) is 0 Å². The molecule has 1 aliphatic heterocycles. The number of likely N-dealkylation sites (tertiary alicyclic amines) is 1. The summed E-state index contributed by atoms with van der Waals surface area (Å²) in [5.74, 6) is -0.0993. The van der Waals surface area contributed by atoms with Crippen molar-refractivity contribution in [2.45, 2.75) is 38.8 Å².